The molecule has 0 amide bonds. The molecule has 28 heavy (non-hydrogen) atoms. The first-order valence-electron chi connectivity index (χ1n) is 10.2. The van der Waals surface area contributed by atoms with Crippen LogP contribution in [-0.4, -0.2) is 30.3 Å². The van der Waals surface area contributed by atoms with E-state index in [1.807, 2.05) is 0 Å². The largest absolute Gasteiger partial charge is 0.497 e. The van der Waals surface area contributed by atoms with Crippen LogP contribution in [0.25, 0.3) is 0 Å². The van der Waals surface area contributed by atoms with Crippen LogP contribution in [0, 0.1) is 6.92 Å². The van der Waals surface area contributed by atoms with Gasteiger partial charge in [0.2, 0.25) is 0 Å². The number of thiocarbonyl (C=S) groups is 1. The highest BCUT2D eigenvalue weighted by molar-refractivity contribution is 7.80. The zero-order chi connectivity index (χ0) is 19.5. The highest BCUT2D eigenvalue weighted by Crippen LogP contribution is 2.24. The molecule has 2 unspecified atom stereocenters. The summed E-state index contributed by atoms with van der Waals surface area (Å²) in [6.07, 6.45) is 5.04. The maximum absolute atomic E-state index is 5.57. The minimum absolute atomic E-state index is 0.474. The van der Waals surface area contributed by atoms with E-state index in [4.69, 9.17) is 17.0 Å². The zero-order valence-electron chi connectivity index (χ0n) is 16.7. The van der Waals surface area contributed by atoms with E-state index in [0.717, 1.165) is 35.2 Å². The molecule has 0 spiro atoms. The fraction of sp³-hybridized carbons (Fsp3) is 0.435. The minimum Gasteiger partial charge on any atom is -0.497 e. The molecule has 5 heteroatoms. The van der Waals surface area contributed by atoms with E-state index in [2.05, 4.69) is 66.1 Å². The van der Waals surface area contributed by atoms with Crippen molar-refractivity contribution in [2.75, 3.05) is 12.4 Å². The van der Waals surface area contributed by atoms with Gasteiger partial charge in [0.25, 0.3) is 0 Å². The van der Waals surface area contributed by atoms with E-state index in [1.165, 1.54) is 36.8 Å². The molecule has 2 heterocycles. The second kappa shape index (κ2) is 8.50. The van der Waals surface area contributed by atoms with Gasteiger partial charge in [-0.25, -0.2) is 0 Å². The average Bonchev–Trinajstić information content (AvgIpc) is 2.91. The van der Waals surface area contributed by atoms with Gasteiger partial charge in [-0.1, -0.05) is 12.1 Å². The Labute approximate surface area is 173 Å². The van der Waals surface area contributed by atoms with Gasteiger partial charge < -0.3 is 20.3 Å². The Kier molecular flexibility index (Phi) is 5.83. The summed E-state index contributed by atoms with van der Waals surface area (Å²) in [6, 6.07) is 18.8. The molecule has 2 fully saturated rings. The number of hydrogen-bond donors (Lipinski definition) is 3. The van der Waals surface area contributed by atoms with Crippen molar-refractivity contribution in [3.8, 4) is 5.75 Å². The van der Waals surface area contributed by atoms with Crippen LogP contribution in [0.5, 0.6) is 5.75 Å². The lowest BCUT2D eigenvalue weighted by molar-refractivity contribution is -0.954. The highest BCUT2D eigenvalue weighted by Gasteiger charge is 2.44. The molecule has 2 bridgehead atoms. The van der Waals surface area contributed by atoms with Crippen LogP contribution in [0.3, 0.4) is 0 Å². The molecule has 3 N–H and O–H groups in total. The number of methoxy groups -OCH3 is 1. The van der Waals surface area contributed by atoms with Gasteiger partial charge in [-0.05, 0) is 61.1 Å². The monoisotopic (exact) mass is 396 g/mol. The van der Waals surface area contributed by atoms with Crippen molar-refractivity contribution in [3.63, 3.8) is 0 Å². The quantitative estimate of drug-likeness (QED) is 0.679. The molecule has 4 atom stereocenters. The van der Waals surface area contributed by atoms with Crippen LogP contribution in [0.1, 0.15) is 36.8 Å². The highest BCUT2D eigenvalue weighted by atomic mass is 32.1. The Bertz CT molecular complexity index is 809. The molecular weight excluding hydrogens is 366 g/mol. The number of aryl methyl sites for hydroxylation is 1. The molecule has 2 aliphatic rings. The lowest BCUT2D eigenvalue weighted by Gasteiger charge is -2.37. The number of nitrogens with one attached hydrogen (secondary N) is 3. The topological polar surface area (TPSA) is 37.7 Å². The van der Waals surface area contributed by atoms with Crippen LogP contribution in [0.15, 0.2) is 48.5 Å². The number of fused-ring (bicyclic) bond motifs is 2. The molecule has 2 aromatic carbocycles. The van der Waals surface area contributed by atoms with E-state index in [0.29, 0.717) is 6.04 Å². The third-order valence-corrected chi connectivity index (χ3v) is 6.45. The van der Waals surface area contributed by atoms with Crippen molar-refractivity contribution in [1.82, 2.24) is 5.32 Å². The van der Waals surface area contributed by atoms with E-state index >= 15 is 0 Å². The smallest absolute Gasteiger partial charge is 0.171 e. The lowest BCUT2D eigenvalue weighted by Crippen LogP contribution is -3.17. The Morgan fingerprint density at radius 2 is 1.82 bits per heavy atom. The van der Waals surface area contributed by atoms with Gasteiger partial charge in [-0.3, -0.25) is 0 Å². The first-order valence-corrected chi connectivity index (χ1v) is 10.6. The number of hydrogen-bond acceptors (Lipinski definition) is 2. The van der Waals surface area contributed by atoms with Gasteiger partial charge in [-0.15, -0.1) is 0 Å². The van der Waals surface area contributed by atoms with E-state index < -0.39 is 0 Å². The van der Waals surface area contributed by atoms with Crippen LogP contribution in [0.2, 0.25) is 0 Å². The normalized spacial score (nSPS) is 25.9. The molecule has 2 saturated heterocycles. The van der Waals surface area contributed by atoms with Crippen molar-refractivity contribution >= 4 is 23.0 Å². The van der Waals surface area contributed by atoms with Crippen LogP contribution < -0.4 is 20.3 Å². The van der Waals surface area contributed by atoms with Crippen molar-refractivity contribution in [2.45, 2.75) is 57.3 Å². The predicted octanol–water partition coefficient (Wildman–Crippen LogP) is 3.07. The third-order valence-electron chi connectivity index (χ3n) is 6.23. The standard InChI is InChI=1S/C23H29N3OS/c1-16-4-3-5-18(12-16)24-23(28)25-19-13-20-8-9-21(14-19)26(20)15-17-6-10-22(27-2)11-7-17/h3-7,10-12,19-21H,8-9,13-15H2,1-2H3,(H2,24,25,28)/p+1/t19?,20-,21+. The lowest BCUT2D eigenvalue weighted by atomic mass is 9.96. The van der Waals surface area contributed by atoms with Crippen LogP contribution in [0.4, 0.5) is 5.69 Å². The molecule has 0 saturated carbocycles. The summed E-state index contributed by atoms with van der Waals surface area (Å²) in [5.74, 6) is 0.930. The Morgan fingerprint density at radius 1 is 1.11 bits per heavy atom. The zero-order valence-corrected chi connectivity index (χ0v) is 17.5. The van der Waals surface area contributed by atoms with Gasteiger partial charge in [-0.2, -0.15) is 0 Å². The maximum atomic E-state index is 5.57. The van der Waals surface area contributed by atoms with Gasteiger partial charge in [0, 0.05) is 43.0 Å². The van der Waals surface area contributed by atoms with Crippen molar-refractivity contribution in [2.24, 2.45) is 0 Å². The fourth-order valence-electron chi connectivity index (χ4n) is 4.89. The molecular formula is C23H30N3OS+. The first kappa shape index (κ1) is 19.2. The summed E-state index contributed by atoms with van der Waals surface area (Å²) >= 11 is 5.57. The third kappa shape index (κ3) is 4.47. The van der Waals surface area contributed by atoms with Gasteiger partial charge in [0.1, 0.15) is 12.3 Å². The van der Waals surface area contributed by atoms with E-state index in [9.17, 15) is 0 Å². The minimum atomic E-state index is 0.474. The van der Waals surface area contributed by atoms with Crippen molar-refractivity contribution in [3.05, 3.63) is 59.7 Å². The molecule has 2 aliphatic heterocycles. The summed E-state index contributed by atoms with van der Waals surface area (Å²) in [5, 5.41) is 7.67. The average molecular weight is 397 g/mol. The number of anilines is 1. The number of rotatable bonds is 5. The molecule has 4 rings (SSSR count). The van der Waals surface area contributed by atoms with Gasteiger partial charge >= 0.3 is 0 Å². The summed E-state index contributed by atoms with van der Waals surface area (Å²) < 4.78 is 5.28. The summed E-state index contributed by atoms with van der Waals surface area (Å²) in [5.41, 5.74) is 3.69. The summed E-state index contributed by atoms with van der Waals surface area (Å²) in [4.78, 5) is 1.75. The summed E-state index contributed by atoms with van der Waals surface area (Å²) in [6.45, 7) is 3.21. The SMILES string of the molecule is COc1ccc(C[NH+]2[C@@H]3CC[C@H]2CC(NC(=S)Nc2cccc(C)c2)C3)cc1. The molecule has 0 aromatic heterocycles. The molecule has 0 radical (unpaired) electrons. The van der Waals surface area contributed by atoms with Crippen molar-refractivity contribution in [1.29, 1.82) is 0 Å². The number of piperidine rings is 1. The second-order valence-electron chi connectivity index (χ2n) is 8.21. The first-order chi connectivity index (χ1) is 13.6. The Hall–Kier alpha value is -2.11. The molecule has 4 nitrogen and oxygen atoms in total. The van der Waals surface area contributed by atoms with Gasteiger partial charge in [0.15, 0.2) is 5.11 Å². The molecule has 0 aliphatic carbocycles. The van der Waals surface area contributed by atoms with Crippen LogP contribution in [-0.2, 0) is 6.54 Å². The van der Waals surface area contributed by atoms with Crippen molar-refractivity contribution < 1.29 is 9.64 Å². The van der Waals surface area contributed by atoms with E-state index in [-0.39, 0.29) is 0 Å². The number of ether oxygens (including phenoxy) is 1. The van der Waals surface area contributed by atoms with E-state index in [1.54, 1.807) is 12.0 Å². The summed E-state index contributed by atoms with van der Waals surface area (Å²) in [7, 11) is 1.72. The van der Waals surface area contributed by atoms with Crippen LogP contribution >= 0.6 is 12.2 Å². The Morgan fingerprint density at radius 3 is 2.46 bits per heavy atom. The van der Waals surface area contributed by atoms with Gasteiger partial charge in [0.05, 0.1) is 19.2 Å². The Balaban J connectivity index is 1.32. The number of benzene rings is 2. The number of quaternary nitrogens is 1. The predicted molar refractivity (Wildman–Crippen MR) is 118 cm³/mol. The fourth-order valence-corrected chi connectivity index (χ4v) is 5.17. The molecule has 148 valence electrons. The maximum Gasteiger partial charge on any atom is 0.171 e. The molecule has 2 aromatic rings. The second-order valence-corrected chi connectivity index (χ2v) is 8.62.